The van der Waals surface area contributed by atoms with E-state index in [4.69, 9.17) is 0 Å². The van der Waals surface area contributed by atoms with Gasteiger partial charge in [-0.3, -0.25) is 9.59 Å². The van der Waals surface area contributed by atoms with Crippen LogP contribution >= 0.6 is 0 Å². The largest absolute Gasteiger partial charge is 0.545 e. The second kappa shape index (κ2) is 4.21. The van der Waals surface area contributed by atoms with Gasteiger partial charge in [-0.25, -0.2) is 8.78 Å². The summed E-state index contributed by atoms with van der Waals surface area (Å²) in [6, 6.07) is 0.140. The fourth-order valence-electron chi connectivity index (χ4n) is 2.68. The van der Waals surface area contributed by atoms with Crippen LogP contribution in [0.4, 0.5) is 8.78 Å². The molecule has 0 bridgehead atoms. The van der Waals surface area contributed by atoms with Gasteiger partial charge < -0.3 is 14.5 Å². The van der Waals surface area contributed by atoms with Crippen LogP contribution in [0.25, 0.3) is 10.9 Å². The molecule has 0 unspecified atom stereocenters. The average molecular weight is 292 g/mol. The summed E-state index contributed by atoms with van der Waals surface area (Å²) in [7, 11) is 0. The molecule has 2 aromatic rings. The van der Waals surface area contributed by atoms with Gasteiger partial charge in [0, 0.05) is 18.7 Å². The van der Waals surface area contributed by atoms with E-state index in [1.54, 1.807) is 6.92 Å². The minimum atomic E-state index is -1.71. The van der Waals surface area contributed by atoms with Crippen molar-refractivity contribution in [2.75, 3.05) is 0 Å². The Labute approximate surface area is 116 Å². The van der Waals surface area contributed by atoms with Crippen molar-refractivity contribution < 1.29 is 23.5 Å². The third kappa shape index (κ3) is 1.70. The molecule has 0 N–H and O–H groups in total. The Hall–Kier alpha value is -2.57. The lowest BCUT2D eigenvalue weighted by Crippen LogP contribution is -2.32. The van der Waals surface area contributed by atoms with Crippen LogP contribution in [-0.4, -0.2) is 16.3 Å². The average Bonchev–Trinajstić information content (AvgIpc) is 2.40. The molecular formula is C14H8F2NO4-. The molecule has 1 aromatic carbocycles. The van der Waals surface area contributed by atoms with Gasteiger partial charge in [0.2, 0.25) is 0 Å². The number of benzene rings is 1. The van der Waals surface area contributed by atoms with Crippen molar-refractivity contribution in [2.24, 2.45) is 0 Å². The molecule has 0 spiro atoms. The number of aromatic carboxylic acids is 1. The fourth-order valence-corrected chi connectivity index (χ4v) is 2.68. The molecule has 1 aliphatic heterocycles. The van der Waals surface area contributed by atoms with Gasteiger partial charge in [0.1, 0.15) is 0 Å². The second-order valence-electron chi connectivity index (χ2n) is 4.99. The van der Waals surface area contributed by atoms with Gasteiger partial charge in [-0.05, 0) is 13.0 Å². The number of carboxylic acid groups (broad SMARTS) is 1. The number of hydrogen-bond acceptors (Lipinski definition) is 4. The molecule has 0 saturated heterocycles. The number of carbonyl (C=O) groups excluding carboxylic acids is 2. The molecule has 0 amide bonds. The molecule has 0 radical (unpaired) electrons. The van der Waals surface area contributed by atoms with Gasteiger partial charge in [-0.1, -0.05) is 0 Å². The van der Waals surface area contributed by atoms with Crippen molar-refractivity contribution in [2.45, 2.75) is 19.4 Å². The molecule has 0 fully saturated rings. The number of pyridine rings is 1. The highest BCUT2D eigenvalue weighted by molar-refractivity contribution is 6.09. The second-order valence-corrected chi connectivity index (χ2v) is 4.99. The lowest BCUT2D eigenvalue weighted by atomic mass is 9.94. The van der Waals surface area contributed by atoms with Crippen molar-refractivity contribution in [3.05, 3.63) is 45.2 Å². The van der Waals surface area contributed by atoms with Gasteiger partial charge >= 0.3 is 0 Å². The molecule has 0 aliphatic carbocycles. The molecule has 0 saturated carbocycles. The van der Waals surface area contributed by atoms with Crippen LogP contribution in [0.2, 0.25) is 0 Å². The quantitative estimate of drug-likeness (QED) is 0.778. The van der Waals surface area contributed by atoms with Crippen LogP contribution in [0.5, 0.6) is 0 Å². The monoisotopic (exact) mass is 292 g/mol. The number of hydrogen-bond donors (Lipinski definition) is 0. The molecule has 1 atom stereocenters. The minimum Gasteiger partial charge on any atom is -0.545 e. The number of ketones is 1. The summed E-state index contributed by atoms with van der Waals surface area (Å²) in [4.78, 5) is 35.0. The zero-order chi connectivity index (χ0) is 15.5. The first kappa shape index (κ1) is 13.4. The van der Waals surface area contributed by atoms with E-state index in [1.807, 2.05) is 0 Å². The maximum atomic E-state index is 13.9. The van der Waals surface area contributed by atoms with E-state index < -0.39 is 46.0 Å². The zero-order valence-electron chi connectivity index (χ0n) is 10.8. The van der Waals surface area contributed by atoms with E-state index in [0.717, 1.165) is 6.20 Å². The van der Waals surface area contributed by atoms with Crippen LogP contribution in [-0.2, 0) is 0 Å². The first-order valence-electron chi connectivity index (χ1n) is 6.14. The number of carboxylic acids is 1. The number of carbonyl (C=O) groups is 2. The van der Waals surface area contributed by atoms with Crippen LogP contribution < -0.4 is 10.5 Å². The van der Waals surface area contributed by atoms with Crippen molar-refractivity contribution in [3.8, 4) is 0 Å². The van der Waals surface area contributed by atoms with Crippen LogP contribution in [0.3, 0.4) is 0 Å². The standard InChI is InChI=1S/C14H9F2NO4/c1-5-2-9(18)10-11(16)8(15)3-6-12(10)17(5)4-7(13(6)19)14(20)21/h3-5H,2H2,1H3,(H,20,21)/p-1/t5-/m0/s1. The Balaban J connectivity index is 2.62. The van der Waals surface area contributed by atoms with Gasteiger partial charge in [0.15, 0.2) is 22.8 Å². The van der Waals surface area contributed by atoms with Crippen molar-refractivity contribution >= 4 is 22.7 Å². The molecule has 1 aromatic heterocycles. The maximum Gasteiger partial charge on any atom is 0.198 e. The number of aromatic nitrogens is 1. The molecule has 3 rings (SSSR count). The van der Waals surface area contributed by atoms with Crippen LogP contribution in [0, 0.1) is 11.6 Å². The van der Waals surface area contributed by atoms with E-state index in [2.05, 4.69) is 0 Å². The molecule has 7 heteroatoms. The van der Waals surface area contributed by atoms with Crippen molar-refractivity contribution in [1.82, 2.24) is 4.57 Å². The SMILES string of the molecule is C[C@H]1CC(=O)c2c(F)c(F)cc3c(=O)c(C(=O)[O-])cn1c23. The third-order valence-corrected chi connectivity index (χ3v) is 3.66. The lowest BCUT2D eigenvalue weighted by Gasteiger charge is -2.26. The predicted octanol–water partition coefficient (Wildman–Crippen LogP) is 0.791. The molecule has 2 heterocycles. The topological polar surface area (TPSA) is 79.2 Å². The van der Waals surface area contributed by atoms with Gasteiger partial charge in [0.05, 0.1) is 28.0 Å². The maximum absolute atomic E-state index is 13.9. The van der Waals surface area contributed by atoms with Gasteiger partial charge in [-0.15, -0.1) is 0 Å². The summed E-state index contributed by atoms with van der Waals surface area (Å²) < 4.78 is 28.8. The van der Waals surface area contributed by atoms with E-state index in [-0.39, 0.29) is 17.3 Å². The summed E-state index contributed by atoms with van der Waals surface area (Å²) in [5.74, 6) is -5.01. The van der Waals surface area contributed by atoms with E-state index >= 15 is 0 Å². The number of Topliss-reactive ketones (excluding diaryl/α,β-unsaturated/α-hetero) is 1. The Morgan fingerprint density at radius 3 is 2.67 bits per heavy atom. The minimum absolute atomic E-state index is 0.0762. The van der Waals surface area contributed by atoms with Crippen LogP contribution in [0.1, 0.15) is 40.1 Å². The Kier molecular flexibility index (Phi) is 2.69. The summed E-state index contributed by atoms with van der Waals surface area (Å²) >= 11 is 0. The van der Waals surface area contributed by atoms with Crippen molar-refractivity contribution in [3.63, 3.8) is 0 Å². The molecular weight excluding hydrogens is 284 g/mol. The summed E-state index contributed by atoms with van der Waals surface area (Å²) in [5.41, 5.74) is -2.23. The van der Waals surface area contributed by atoms with E-state index in [1.165, 1.54) is 4.57 Å². The highest BCUT2D eigenvalue weighted by Crippen LogP contribution is 2.32. The number of nitrogens with zero attached hydrogens (tertiary/aromatic N) is 1. The molecule has 21 heavy (non-hydrogen) atoms. The Bertz CT molecular complexity index is 885. The van der Waals surface area contributed by atoms with E-state index in [9.17, 15) is 28.3 Å². The third-order valence-electron chi connectivity index (χ3n) is 3.66. The molecule has 1 aliphatic rings. The molecule has 5 nitrogen and oxygen atoms in total. The van der Waals surface area contributed by atoms with E-state index in [0.29, 0.717) is 6.07 Å². The summed E-state index contributed by atoms with van der Waals surface area (Å²) in [6.07, 6.45) is 0.899. The Morgan fingerprint density at radius 2 is 2.05 bits per heavy atom. The Morgan fingerprint density at radius 1 is 1.38 bits per heavy atom. The summed E-state index contributed by atoms with van der Waals surface area (Å²) in [5, 5.41) is 10.7. The normalized spacial score (nSPS) is 17.3. The summed E-state index contributed by atoms with van der Waals surface area (Å²) in [6.45, 7) is 1.62. The number of halogens is 2. The first-order valence-corrected chi connectivity index (χ1v) is 6.14. The van der Waals surface area contributed by atoms with Gasteiger partial charge in [-0.2, -0.15) is 0 Å². The lowest BCUT2D eigenvalue weighted by molar-refractivity contribution is -0.255. The number of rotatable bonds is 1. The zero-order valence-corrected chi connectivity index (χ0v) is 10.8. The van der Waals surface area contributed by atoms with Gasteiger partial charge in [0.25, 0.3) is 0 Å². The fraction of sp³-hybridized carbons (Fsp3) is 0.214. The highest BCUT2D eigenvalue weighted by atomic mass is 19.2. The smallest absolute Gasteiger partial charge is 0.198 e. The molecule has 108 valence electrons. The predicted molar refractivity (Wildman–Crippen MR) is 66.1 cm³/mol. The van der Waals surface area contributed by atoms with Crippen LogP contribution in [0.15, 0.2) is 17.1 Å². The van der Waals surface area contributed by atoms with Crippen molar-refractivity contribution in [1.29, 1.82) is 0 Å². The first-order chi connectivity index (χ1) is 9.82. The highest BCUT2D eigenvalue weighted by Gasteiger charge is 2.30.